The van der Waals surface area contributed by atoms with Crippen LogP contribution in [0.2, 0.25) is 0 Å². The molecule has 1 aliphatic heterocycles. The molecule has 1 aromatic rings. The summed E-state index contributed by atoms with van der Waals surface area (Å²) < 4.78 is 0.315. The molecule has 0 unspecified atom stereocenters. The van der Waals surface area contributed by atoms with Crippen LogP contribution in [0.1, 0.15) is 23.6 Å². The van der Waals surface area contributed by atoms with Crippen LogP contribution < -0.4 is 5.32 Å². The molecule has 20 heavy (non-hydrogen) atoms. The second kappa shape index (κ2) is 7.89. The van der Waals surface area contributed by atoms with Crippen molar-refractivity contribution in [2.24, 2.45) is 4.99 Å². The van der Waals surface area contributed by atoms with Gasteiger partial charge in [0.1, 0.15) is 0 Å². The molecule has 6 heteroatoms. The molecule has 0 aliphatic carbocycles. The van der Waals surface area contributed by atoms with Crippen LogP contribution in [-0.2, 0) is 6.54 Å². The predicted molar refractivity (Wildman–Crippen MR) is 103 cm³/mol. The monoisotopic (exact) mass is 425 g/mol. The van der Waals surface area contributed by atoms with Gasteiger partial charge in [0.05, 0.1) is 6.54 Å². The van der Waals surface area contributed by atoms with Crippen molar-refractivity contribution >= 4 is 53.0 Å². The lowest BCUT2D eigenvalue weighted by Gasteiger charge is -2.39. The van der Waals surface area contributed by atoms with Crippen molar-refractivity contribution in [2.45, 2.75) is 32.1 Å². The summed E-state index contributed by atoms with van der Waals surface area (Å²) in [6.45, 7) is 9.76. The number of thiophene rings is 1. The van der Waals surface area contributed by atoms with Crippen LogP contribution in [0.25, 0.3) is 0 Å². The Bertz CT molecular complexity index is 457. The smallest absolute Gasteiger partial charge is 0.194 e. The van der Waals surface area contributed by atoms with Gasteiger partial charge in [0.2, 0.25) is 0 Å². The summed E-state index contributed by atoms with van der Waals surface area (Å²) in [5.41, 5.74) is 0. The normalized spacial score (nSPS) is 18.6. The molecule has 0 atom stereocenters. The van der Waals surface area contributed by atoms with Crippen LogP contribution in [0.4, 0.5) is 0 Å². The van der Waals surface area contributed by atoms with Gasteiger partial charge in [0.15, 0.2) is 5.96 Å². The van der Waals surface area contributed by atoms with Crippen molar-refractivity contribution in [1.29, 1.82) is 0 Å². The summed E-state index contributed by atoms with van der Waals surface area (Å²) in [6.07, 6.45) is 0. The zero-order valence-corrected chi connectivity index (χ0v) is 16.6. The summed E-state index contributed by atoms with van der Waals surface area (Å²) in [5.74, 6) is 2.20. The molecule has 114 valence electrons. The van der Waals surface area contributed by atoms with Gasteiger partial charge in [-0.3, -0.25) is 4.99 Å². The Kier molecular flexibility index (Phi) is 7.14. The number of hydrogen-bond acceptors (Lipinski definition) is 3. The highest BCUT2D eigenvalue weighted by Gasteiger charge is 2.28. The number of hydrogen-bond donors (Lipinski definition) is 1. The quantitative estimate of drug-likeness (QED) is 0.446. The zero-order chi connectivity index (χ0) is 13.9. The molecule has 2 heterocycles. The van der Waals surface area contributed by atoms with Crippen molar-refractivity contribution in [3.63, 3.8) is 0 Å². The number of thioether (sulfide) groups is 1. The first-order chi connectivity index (χ1) is 9.00. The Morgan fingerprint density at radius 3 is 2.75 bits per heavy atom. The van der Waals surface area contributed by atoms with E-state index in [-0.39, 0.29) is 24.0 Å². The fourth-order valence-electron chi connectivity index (χ4n) is 2.28. The van der Waals surface area contributed by atoms with Crippen LogP contribution in [0.15, 0.2) is 17.1 Å². The van der Waals surface area contributed by atoms with Crippen molar-refractivity contribution in [3.8, 4) is 0 Å². The molecule has 0 amide bonds. The van der Waals surface area contributed by atoms with E-state index in [0.717, 1.165) is 25.6 Å². The third-order valence-corrected chi connectivity index (χ3v) is 5.45. The first-order valence-corrected chi connectivity index (χ1v) is 8.45. The summed E-state index contributed by atoms with van der Waals surface area (Å²) in [6, 6.07) is 4.36. The minimum atomic E-state index is 0. The number of nitrogens with one attached hydrogen (secondary N) is 1. The average Bonchev–Trinajstić information content (AvgIpc) is 2.75. The molecule has 1 fully saturated rings. The minimum absolute atomic E-state index is 0. The second-order valence-corrected chi connectivity index (χ2v) is 8.62. The average molecular weight is 425 g/mol. The van der Waals surface area contributed by atoms with E-state index in [1.165, 1.54) is 15.5 Å². The summed E-state index contributed by atoms with van der Waals surface area (Å²) in [5, 5.41) is 3.48. The van der Waals surface area contributed by atoms with Crippen molar-refractivity contribution in [3.05, 3.63) is 21.9 Å². The van der Waals surface area contributed by atoms with Gasteiger partial charge in [-0.05, 0) is 32.9 Å². The molecule has 1 aliphatic rings. The van der Waals surface area contributed by atoms with Crippen LogP contribution >= 0.6 is 47.1 Å². The van der Waals surface area contributed by atoms with E-state index >= 15 is 0 Å². The number of guanidine groups is 1. The van der Waals surface area contributed by atoms with E-state index in [9.17, 15) is 0 Å². The predicted octanol–water partition coefficient (Wildman–Crippen LogP) is 3.58. The zero-order valence-electron chi connectivity index (χ0n) is 12.6. The number of halogens is 1. The minimum Gasteiger partial charge on any atom is -0.351 e. The SMILES string of the molecule is CN=C(NCc1ccc(C)s1)N1CCSC(C)(C)C1.I. The molecule has 1 aromatic heterocycles. The fraction of sp³-hybridized carbons (Fsp3) is 0.643. The molecule has 0 saturated carbocycles. The summed E-state index contributed by atoms with van der Waals surface area (Å²) >= 11 is 3.89. The van der Waals surface area contributed by atoms with E-state index in [2.05, 4.69) is 48.1 Å². The van der Waals surface area contributed by atoms with Crippen LogP contribution in [-0.4, -0.2) is 41.5 Å². The van der Waals surface area contributed by atoms with Gasteiger partial charge < -0.3 is 10.2 Å². The van der Waals surface area contributed by atoms with Crippen LogP contribution in [0.5, 0.6) is 0 Å². The van der Waals surface area contributed by atoms with E-state index in [1.54, 1.807) is 0 Å². The summed E-state index contributed by atoms with van der Waals surface area (Å²) in [7, 11) is 1.87. The molecule has 0 aromatic carbocycles. The van der Waals surface area contributed by atoms with Gasteiger partial charge in [0.25, 0.3) is 0 Å². The van der Waals surface area contributed by atoms with E-state index in [1.807, 2.05) is 30.1 Å². The lowest BCUT2D eigenvalue weighted by Crippen LogP contribution is -2.50. The third kappa shape index (κ3) is 5.11. The Labute approximate surface area is 147 Å². The van der Waals surface area contributed by atoms with E-state index < -0.39 is 0 Å². The van der Waals surface area contributed by atoms with Crippen LogP contribution in [0.3, 0.4) is 0 Å². The van der Waals surface area contributed by atoms with Gasteiger partial charge in [-0.1, -0.05) is 0 Å². The molecule has 0 bridgehead atoms. The third-order valence-electron chi connectivity index (χ3n) is 3.15. The highest BCUT2D eigenvalue weighted by atomic mass is 127. The molecular weight excluding hydrogens is 401 g/mol. The number of aryl methyl sites for hydroxylation is 1. The molecule has 0 radical (unpaired) electrons. The van der Waals surface area contributed by atoms with Crippen LogP contribution in [0, 0.1) is 6.92 Å². The van der Waals surface area contributed by atoms with Gasteiger partial charge >= 0.3 is 0 Å². The second-order valence-electron chi connectivity index (χ2n) is 5.44. The Balaban J connectivity index is 0.00000200. The molecule has 1 N–H and O–H groups in total. The standard InChI is InChI=1S/C14H23N3S2.HI/c1-11-5-6-12(19-11)9-16-13(15-4)17-7-8-18-14(2,3)10-17;/h5-6H,7-10H2,1-4H3,(H,15,16);1H. The van der Waals surface area contributed by atoms with Crippen molar-refractivity contribution in [1.82, 2.24) is 10.2 Å². The Morgan fingerprint density at radius 1 is 1.45 bits per heavy atom. The van der Waals surface area contributed by atoms with Gasteiger partial charge in [0, 0.05) is 40.4 Å². The Morgan fingerprint density at radius 2 is 2.20 bits per heavy atom. The first kappa shape index (κ1) is 18.1. The highest BCUT2D eigenvalue weighted by Crippen LogP contribution is 2.29. The number of aliphatic imine (C=N–C) groups is 1. The lowest BCUT2D eigenvalue weighted by atomic mass is 10.2. The molecule has 0 spiro atoms. The Hall–Kier alpha value is 0.0500. The number of rotatable bonds is 2. The molecular formula is C14H24IN3S2. The van der Waals surface area contributed by atoms with Crippen molar-refractivity contribution < 1.29 is 0 Å². The van der Waals surface area contributed by atoms with Crippen molar-refractivity contribution in [2.75, 3.05) is 25.9 Å². The fourth-order valence-corrected chi connectivity index (χ4v) is 4.22. The topological polar surface area (TPSA) is 27.6 Å². The number of nitrogens with zero attached hydrogens (tertiary/aromatic N) is 2. The van der Waals surface area contributed by atoms with Gasteiger partial charge in [-0.25, -0.2) is 0 Å². The van der Waals surface area contributed by atoms with Gasteiger partial charge in [-0.15, -0.1) is 35.3 Å². The molecule has 3 nitrogen and oxygen atoms in total. The summed E-state index contributed by atoms with van der Waals surface area (Å²) in [4.78, 5) is 9.53. The molecule has 1 saturated heterocycles. The highest BCUT2D eigenvalue weighted by molar-refractivity contribution is 14.0. The first-order valence-electron chi connectivity index (χ1n) is 6.65. The largest absolute Gasteiger partial charge is 0.351 e. The lowest BCUT2D eigenvalue weighted by molar-refractivity contribution is 0.376. The van der Waals surface area contributed by atoms with Gasteiger partial charge in [-0.2, -0.15) is 11.8 Å². The van der Waals surface area contributed by atoms with E-state index in [4.69, 9.17) is 0 Å². The maximum Gasteiger partial charge on any atom is 0.194 e. The molecule has 2 rings (SSSR count). The van der Waals surface area contributed by atoms with E-state index in [0.29, 0.717) is 4.75 Å². The maximum absolute atomic E-state index is 4.43. The maximum atomic E-state index is 4.43.